The average molecular weight is 296 g/mol. The van der Waals surface area contributed by atoms with Gasteiger partial charge in [-0.2, -0.15) is 0 Å². The first kappa shape index (κ1) is 13.1. The molecule has 1 fully saturated rings. The lowest BCUT2D eigenvalue weighted by molar-refractivity contribution is 0.262. The van der Waals surface area contributed by atoms with E-state index < -0.39 is 0 Å². The van der Waals surface area contributed by atoms with Gasteiger partial charge in [0.25, 0.3) is 0 Å². The Kier molecular flexibility index (Phi) is 4.63. The largest absolute Gasteiger partial charge is 0.310 e. The zero-order valence-corrected chi connectivity index (χ0v) is 12.4. The smallest absolute Gasteiger partial charge is 0.0333 e. The van der Waals surface area contributed by atoms with Gasteiger partial charge in [0.15, 0.2) is 0 Å². The molecule has 1 atom stereocenters. The van der Waals surface area contributed by atoms with E-state index in [0.717, 1.165) is 12.5 Å². The van der Waals surface area contributed by atoms with Crippen molar-refractivity contribution in [1.29, 1.82) is 0 Å². The lowest BCUT2D eigenvalue weighted by atomic mass is 9.79. The van der Waals surface area contributed by atoms with Gasteiger partial charge < -0.3 is 5.32 Å². The first-order valence-electron chi connectivity index (χ1n) is 6.70. The lowest BCUT2D eigenvalue weighted by Crippen LogP contribution is -2.26. The van der Waals surface area contributed by atoms with Crippen molar-refractivity contribution in [2.75, 3.05) is 6.54 Å². The highest BCUT2D eigenvalue weighted by Crippen LogP contribution is 2.36. The summed E-state index contributed by atoms with van der Waals surface area (Å²) in [4.78, 5) is 0. The molecule has 2 rings (SSSR count). The van der Waals surface area contributed by atoms with Gasteiger partial charge in [0, 0.05) is 10.5 Å². The Morgan fingerprint density at radius 2 is 2.18 bits per heavy atom. The number of hydrogen-bond donors (Lipinski definition) is 1. The van der Waals surface area contributed by atoms with E-state index in [2.05, 4.69) is 53.3 Å². The molecular weight excluding hydrogens is 274 g/mol. The third-order valence-corrected chi connectivity index (χ3v) is 4.46. The van der Waals surface area contributed by atoms with Crippen LogP contribution in [-0.4, -0.2) is 6.54 Å². The summed E-state index contributed by atoms with van der Waals surface area (Å²) in [7, 11) is 0. The van der Waals surface area contributed by atoms with E-state index in [1.54, 1.807) is 0 Å². The molecule has 0 saturated heterocycles. The van der Waals surface area contributed by atoms with Crippen LogP contribution in [0.3, 0.4) is 0 Å². The lowest BCUT2D eigenvalue weighted by Gasteiger charge is -2.30. The van der Waals surface area contributed by atoms with Crippen LogP contribution < -0.4 is 5.32 Å². The molecule has 1 unspecified atom stereocenters. The molecule has 2 heteroatoms. The molecule has 1 aromatic rings. The Morgan fingerprint density at radius 3 is 2.71 bits per heavy atom. The Hall–Kier alpha value is -0.340. The summed E-state index contributed by atoms with van der Waals surface area (Å²) < 4.78 is 1.25. The van der Waals surface area contributed by atoms with E-state index in [1.807, 2.05) is 0 Å². The summed E-state index contributed by atoms with van der Waals surface area (Å²) in [5.74, 6) is 0.937. The summed E-state index contributed by atoms with van der Waals surface area (Å²) in [5.41, 5.74) is 2.74. The van der Waals surface area contributed by atoms with Gasteiger partial charge in [-0.05, 0) is 43.0 Å². The van der Waals surface area contributed by atoms with Crippen molar-refractivity contribution >= 4 is 15.9 Å². The number of benzene rings is 1. The highest BCUT2D eigenvalue weighted by Gasteiger charge is 2.23. The minimum Gasteiger partial charge on any atom is -0.310 e. The van der Waals surface area contributed by atoms with Crippen LogP contribution in [-0.2, 0) is 0 Å². The summed E-state index contributed by atoms with van der Waals surface area (Å²) in [6.45, 7) is 5.37. The Balaban J connectivity index is 2.12. The van der Waals surface area contributed by atoms with E-state index in [4.69, 9.17) is 0 Å². The Bertz CT molecular complexity index is 371. The van der Waals surface area contributed by atoms with Gasteiger partial charge >= 0.3 is 0 Å². The van der Waals surface area contributed by atoms with Crippen molar-refractivity contribution in [1.82, 2.24) is 5.32 Å². The fourth-order valence-electron chi connectivity index (χ4n) is 2.54. The minimum absolute atomic E-state index is 0.514. The molecule has 0 bridgehead atoms. The summed E-state index contributed by atoms with van der Waals surface area (Å²) in [6, 6.07) is 7.22. The van der Waals surface area contributed by atoms with Crippen LogP contribution in [0.5, 0.6) is 0 Å². The van der Waals surface area contributed by atoms with Crippen molar-refractivity contribution in [3.63, 3.8) is 0 Å². The molecule has 0 radical (unpaired) electrons. The van der Waals surface area contributed by atoms with Gasteiger partial charge in [-0.1, -0.05) is 54.2 Å². The number of aryl methyl sites for hydroxylation is 1. The first-order chi connectivity index (χ1) is 8.20. The summed E-state index contributed by atoms with van der Waals surface area (Å²) in [6.07, 6.45) is 5.56. The maximum absolute atomic E-state index is 3.71. The second kappa shape index (κ2) is 6.01. The Labute approximate surface area is 113 Å². The van der Waals surface area contributed by atoms with Gasteiger partial charge in [-0.3, -0.25) is 0 Å². The van der Waals surface area contributed by atoms with Crippen LogP contribution in [0.2, 0.25) is 0 Å². The minimum atomic E-state index is 0.514. The van der Waals surface area contributed by atoms with Gasteiger partial charge in [-0.25, -0.2) is 0 Å². The topological polar surface area (TPSA) is 12.0 Å². The maximum Gasteiger partial charge on any atom is 0.0333 e. The summed E-state index contributed by atoms with van der Waals surface area (Å²) >= 11 is 3.71. The molecule has 0 amide bonds. The van der Waals surface area contributed by atoms with Gasteiger partial charge in [0.05, 0.1) is 0 Å². The van der Waals surface area contributed by atoms with E-state index >= 15 is 0 Å². The molecule has 17 heavy (non-hydrogen) atoms. The van der Waals surface area contributed by atoms with E-state index in [9.17, 15) is 0 Å². The van der Waals surface area contributed by atoms with E-state index in [-0.39, 0.29) is 0 Å². The highest BCUT2D eigenvalue weighted by atomic mass is 79.9. The van der Waals surface area contributed by atoms with Crippen molar-refractivity contribution in [2.45, 2.75) is 45.6 Å². The first-order valence-corrected chi connectivity index (χ1v) is 7.49. The van der Waals surface area contributed by atoms with Crippen molar-refractivity contribution < 1.29 is 0 Å². The quantitative estimate of drug-likeness (QED) is 0.837. The fourth-order valence-corrected chi connectivity index (χ4v) is 3.31. The van der Waals surface area contributed by atoms with Gasteiger partial charge in [0.1, 0.15) is 0 Å². The predicted molar refractivity (Wildman–Crippen MR) is 77.3 cm³/mol. The van der Waals surface area contributed by atoms with Crippen LogP contribution in [0, 0.1) is 12.8 Å². The van der Waals surface area contributed by atoms with Gasteiger partial charge in [0.2, 0.25) is 0 Å². The molecule has 0 heterocycles. The SMILES string of the molecule is CCNC(CC1CCC1)c1ccc(C)cc1Br. The second-order valence-corrected chi connectivity index (χ2v) is 6.02. The standard InChI is InChI=1S/C15H22BrN/c1-3-17-15(10-12-5-4-6-12)13-8-7-11(2)9-14(13)16/h7-9,12,15,17H,3-6,10H2,1-2H3. The number of rotatable bonds is 5. The van der Waals surface area contributed by atoms with Crippen molar-refractivity contribution in [2.24, 2.45) is 5.92 Å². The third kappa shape index (κ3) is 3.32. The molecule has 1 N–H and O–H groups in total. The summed E-state index contributed by atoms with van der Waals surface area (Å²) in [5, 5.41) is 3.63. The van der Waals surface area contributed by atoms with Crippen molar-refractivity contribution in [3.8, 4) is 0 Å². The zero-order valence-electron chi connectivity index (χ0n) is 10.8. The molecular formula is C15H22BrN. The van der Waals surface area contributed by atoms with Crippen LogP contribution in [0.15, 0.2) is 22.7 Å². The predicted octanol–water partition coefficient (Wildman–Crippen LogP) is 4.60. The zero-order chi connectivity index (χ0) is 12.3. The fraction of sp³-hybridized carbons (Fsp3) is 0.600. The van der Waals surface area contributed by atoms with Crippen LogP contribution in [0.4, 0.5) is 0 Å². The molecule has 94 valence electrons. The molecule has 0 aromatic heterocycles. The maximum atomic E-state index is 3.71. The molecule has 1 aliphatic carbocycles. The average Bonchev–Trinajstić information content (AvgIpc) is 2.22. The normalized spacial score (nSPS) is 17.8. The number of hydrogen-bond acceptors (Lipinski definition) is 1. The van der Waals surface area contributed by atoms with Crippen LogP contribution in [0.1, 0.15) is 49.8 Å². The second-order valence-electron chi connectivity index (χ2n) is 5.17. The molecule has 1 saturated carbocycles. The third-order valence-electron chi connectivity index (χ3n) is 3.78. The molecule has 1 aromatic carbocycles. The Morgan fingerprint density at radius 1 is 1.41 bits per heavy atom. The van der Waals surface area contributed by atoms with E-state index in [0.29, 0.717) is 6.04 Å². The van der Waals surface area contributed by atoms with Crippen LogP contribution >= 0.6 is 15.9 Å². The van der Waals surface area contributed by atoms with Gasteiger partial charge in [-0.15, -0.1) is 0 Å². The molecule has 0 aliphatic heterocycles. The number of halogens is 1. The highest BCUT2D eigenvalue weighted by molar-refractivity contribution is 9.10. The van der Waals surface area contributed by atoms with Crippen LogP contribution in [0.25, 0.3) is 0 Å². The van der Waals surface area contributed by atoms with Crippen molar-refractivity contribution in [3.05, 3.63) is 33.8 Å². The van der Waals surface area contributed by atoms with E-state index in [1.165, 1.54) is 41.3 Å². The molecule has 1 aliphatic rings. The number of nitrogens with one attached hydrogen (secondary N) is 1. The monoisotopic (exact) mass is 295 g/mol. The molecule has 1 nitrogen and oxygen atoms in total. The molecule has 0 spiro atoms.